The smallest absolute Gasteiger partial charge is 0.263 e. The van der Waals surface area contributed by atoms with Crippen LogP contribution in [0.2, 0.25) is 0 Å². The molecule has 0 fully saturated rings. The standard InChI is InChI=1S/C15H20N2O4/c1-9(2)12(18)8-16-14(19)7-11-10(3)21-15(17-11)13-5-4-6-20-13/h4-6,9,12,18H,7-8H2,1-3H3,(H,16,19). The molecule has 6 nitrogen and oxygen atoms in total. The summed E-state index contributed by atoms with van der Waals surface area (Å²) in [6, 6.07) is 3.49. The number of furan rings is 1. The molecule has 2 aromatic heterocycles. The Morgan fingerprint density at radius 2 is 2.24 bits per heavy atom. The number of hydrogen-bond donors (Lipinski definition) is 2. The molecule has 2 heterocycles. The predicted molar refractivity (Wildman–Crippen MR) is 76.5 cm³/mol. The molecule has 0 saturated heterocycles. The largest absolute Gasteiger partial charge is 0.459 e. The fraction of sp³-hybridized carbons (Fsp3) is 0.467. The van der Waals surface area contributed by atoms with Crippen molar-refractivity contribution in [1.82, 2.24) is 10.3 Å². The Balaban J connectivity index is 1.95. The summed E-state index contributed by atoms with van der Waals surface area (Å²) >= 11 is 0. The molecule has 0 aliphatic heterocycles. The number of carbonyl (C=O) groups is 1. The second kappa shape index (κ2) is 6.58. The Morgan fingerprint density at radius 1 is 1.48 bits per heavy atom. The average molecular weight is 292 g/mol. The number of aryl methyl sites for hydroxylation is 1. The van der Waals surface area contributed by atoms with Crippen molar-refractivity contribution in [2.75, 3.05) is 6.54 Å². The number of nitrogens with one attached hydrogen (secondary N) is 1. The van der Waals surface area contributed by atoms with Crippen LogP contribution in [0.25, 0.3) is 11.7 Å². The second-order valence-corrected chi connectivity index (χ2v) is 5.29. The van der Waals surface area contributed by atoms with Crippen LogP contribution in [0, 0.1) is 12.8 Å². The lowest BCUT2D eigenvalue weighted by atomic mass is 10.1. The molecular weight excluding hydrogens is 272 g/mol. The Kier molecular flexibility index (Phi) is 4.80. The molecule has 6 heteroatoms. The summed E-state index contributed by atoms with van der Waals surface area (Å²) in [5.41, 5.74) is 0.568. The van der Waals surface area contributed by atoms with Gasteiger partial charge >= 0.3 is 0 Å². The zero-order chi connectivity index (χ0) is 15.4. The van der Waals surface area contributed by atoms with Crippen molar-refractivity contribution in [2.45, 2.75) is 33.3 Å². The quantitative estimate of drug-likeness (QED) is 0.849. The fourth-order valence-electron chi connectivity index (χ4n) is 1.77. The molecule has 0 aliphatic rings. The average Bonchev–Trinajstić information content (AvgIpc) is 3.06. The highest BCUT2D eigenvalue weighted by molar-refractivity contribution is 5.78. The third-order valence-electron chi connectivity index (χ3n) is 3.23. The molecule has 2 N–H and O–H groups in total. The third-order valence-corrected chi connectivity index (χ3v) is 3.23. The van der Waals surface area contributed by atoms with E-state index in [1.54, 1.807) is 19.1 Å². The summed E-state index contributed by atoms with van der Waals surface area (Å²) in [6.07, 6.45) is 1.10. The Morgan fingerprint density at radius 3 is 2.86 bits per heavy atom. The molecule has 0 radical (unpaired) electrons. The number of aliphatic hydroxyl groups excluding tert-OH is 1. The molecule has 21 heavy (non-hydrogen) atoms. The van der Waals surface area contributed by atoms with Gasteiger partial charge in [-0.3, -0.25) is 4.79 Å². The van der Waals surface area contributed by atoms with E-state index in [1.165, 1.54) is 6.26 Å². The number of rotatable bonds is 6. The summed E-state index contributed by atoms with van der Waals surface area (Å²) < 4.78 is 10.7. The van der Waals surface area contributed by atoms with E-state index in [4.69, 9.17) is 8.83 Å². The SMILES string of the molecule is Cc1oc(-c2ccco2)nc1CC(=O)NCC(O)C(C)C. The van der Waals surface area contributed by atoms with Crippen molar-refractivity contribution in [2.24, 2.45) is 5.92 Å². The van der Waals surface area contributed by atoms with Gasteiger partial charge in [0.2, 0.25) is 5.91 Å². The number of aliphatic hydroxyl groups is 1. The lowest BCUT2D eigenvalue weighted by Gasteiger charge is -2.14. The number of amides is 1. The van der Waals surface area contributed by atoms with Gasteiger partial charge in [-0.2, -0.15) is 0 Å². The number of nitrogens with zero attached hydrogens (tertiary/aromatic N) is 1. The Hall–Kier alpha value is -2.08. The van der Waals surface area contributed by atoms with Gasteiger partial charge in [-0.25, -0.2) is 4.98 Å². The number of aromatic nitrogens is 1. The van der Waals surface area contributed by atoms with Crippen molar-refractivity contribution < 1.29 is 18.7 Å². The molecule has 1 amide bonds. The third kappa shape index (κ3) is 3.95. The van der Waals surface area contributed by atoms with Crippen LogP contribution < -0.4 is 5.32 Å². The zero-order valence-corrected chi connectivity index (χ0v) is 12.4. The van der Waals surface area contributed by atoms with Crippen molar-refractivity contribution in [3.63, 3.8) is 0 Å². The first-order valence-electron chi connectivity index (χ1n) is 6.92. The first-order chi connectivity index (χ1) is 9.97. The van der Waals surface area contributed by atoms with Crippen LogP contribution in [0.1, 0.15) is 25.3 Å². The number of oxazole rings is 1. The van der Waals surface area contributed by atoms with Crippen molar-refractivity contribution >= 4 is 5.91 Å². The van der Waals surface area contributed by atoms with Gasteiger partial charge in [0.25, 0.3) is 5.89 Å². The van der Waals surface area contributed by atoms with Crippen LogP contribution in [0.4, 0.5) is 0 Å². The molecule has 114 valence electrons. The lowest BCUT2D eigenvalue weighted by Crippen LogP contribution is -2.35. The highest BCUT2D eigenvalue weighted by Gasteiger charge is 2.17. The van der Waals surface area contributed by atoms with Gasteiger partial charge in [-0.1, -0.05) is 13.8 Å². The monoisotopic (exact) mass is 292 g/mol. The van der Waals surface area contributed by atoms with Gasteiger partial charge in [0, 0.05) is 6.54 Å². The highest BCUT2D eigenvalue weighted by atomic mass is 16.4. The maximum Gasteiger partial charge on any atom is 0.263 e. The fourth-order valence-corrected chi connectivity index (χ4v) is 1.77. The minimum absolute atomic E-state index is 0.102. The molecule has 1 unspecified atom stereocenters. The minimum atomic E-state index is -0.550. The molecule has 0 spiro atoms. The summed E-state index contributed by atoms with van der Waals surface area (Å²) in [5.74, 6) is 1.38. The van der Waals surface area contributed by atoms with Crippen LogP contribution in [-0.4, -0.2) is 28.6 Å². The topological polar surface area (TPSA) is 88.5 Å². The normalized spacial score (nSPS) is 12.6. The van der Waals surface area contributed by atoms with Crippen LogP contribution in [-0.2, 0) is 11.2 Å². The van der Waals surface area contributed by atoms with E-state index in [0.717, 1.165) is 0 Å². The van der Waals surface area contributed by atoms with Crippen LogP contribution in [0.5, 0.6) is 0 Å². The van der Waals surface area contributed by atoms with Gasteiger partial charge in [0.05, 0.1) is 24.5 Å². The van der Waals surface area contributed by atoms with E-state index < -0.39 is 6.10 Å². The van der Waals surface area contributed by atoms with Crippen LogP contribution in [0.3, 0.4) is 0 Å². The van der Waals surface area contributed by atoms with E-state index in [2.05, 4.69) is 10.3 Å². The summed E-state index contributed by atoms with van der Waals surface area (Å²) in [7, 11) is 0. The van der Waals surface area contributed by atoms with E-state index in [1.807, 2.05) is 13.8 Å². The summed E-state index contributed by atoms with van der Waals surface area (Å²) in [4.78, 5) is 16.1. The van der Waals surface area contributed by atoms with Crippen molar-refractivity contribution in [3.05, 3.63) is 29.9 Å². The lowest BCUT2D eigenvalue weighted by molar-refractivity contribution is -0.121. The molecule has 1 atom stereocenters. The first-order valence-corrected chi connectivity index (χ1v) is 6.92. The molecule has 0 aromatic carbocycles. The Labute approximate surface area is 123 Å². The van der Waals surface area contributed by atoms with Crippen molar-refractivity contribution in [1.29, 1.82) is 0 Å². The van der Waals surface area contributed by atoms with Gasteiger partial charge in [0.1, 0.15) is 5.76 Å². The van der Waals surface area contributed by atoms with E-state index in [0.29, 0.717) is 23.1 Å². The van der Waals surface area contributed by atoms with E-state index >= 15 is 0 Å². The second-order valence-electron chi connectivity index (χ2n) is 5.29. The zero-order valence-electron chi connectivity index (χ0n) is 12.4. The molecule has 2 rings (SSSR count). The van der Waals surface area contributed by atoms with Gasteiger partial charge in [0.15, 0.2) is 5.76 Å². The maximum atomic E-state index is 11.9. The van der Waals surface area contributed by atoms with Gasteiger partial charge in [-0.15, -0.1) is 0 Å². The number of carbonyl (C=O) groups excluding carboxylic acids is 1. The highest BCUT2D eigenvalue weighted by Crippen LogP contribution is 2.22. The Bertz CT molecular complexity index is 587. The number of hydrogen-bond acceptors (Lipinski definition) is 5. The van der Waals surface area contributed by atoms with Crippen LogP contribution >= 0.6 is 0 Å². The van der Waals surface area contributed by atoms with E-state index in [-0.39, 0.29) is 24.8 Å². The molecule has 0 bridgehead atoms. The van der Waals surface area contributed by atoms with Gasteiger partial charge < -0.3 is 19.3 Å². The minimum Gasteiger partial charge on any atom is -0.459 e. The van der Waals surface area contributed by atoms with Gasteiger partial charge in [-0.05, 0) is 25.0 Å². The predicted octanol–water partition coefficient (Wildman–Crippen LogP) is 1.92. The van der Waals surface area contributed by atoms with Crippen LogP contribution in [0.15, 0.2) is 27.2 Å². The van der Waals surface area contributed by atoms with E-state index in [9.17, 15) is 9.90 Å². The summed E-state index contributed by atoms with van der Waals surface area (Å²) in [5, 5.41) is 12.4. The van der Waals surface area contributed by atoms with Crippen molar-refractivity contribution in [3.8, 4) is 11.7 Å². The first kappa shape index (κ1) is 15.3. The molecule has 0 aliphatic carbocycles. The molecule has 2 aromatic rings. The molecule has 0 saturated carbocycles. The maximum absolute atomic E-state index is 11.9. The molecular formula is C15H20N2O4. The summed E-state index contributed by atoms with van der Waals surface area (Å²) in [6.45, 7) is 5.78.